The van der Waals surface area contributed by atoms with E-state index in [1.807, 2.05) is 0 Å². The van der Waals surface area contributed by atoms with Crippen molar-refractivity contribution in [3.8, 4) is 22.5 Å². The summed E-state index contributed by atoms with van der Waals surface area (Å²) >= 11 is 0. The zero-order valence-electron chi connectivity index (χ0n) is 17.6. The quantitative estimate of drug-likeness (QED) is 0.582. The molecule has 4 rings (SSSR count). The van der Waals surface area contributed by atoms with E-state index >= 15 is 0 Å². The third-order valence-corrected chi connectivity index (χ3v) is 3.86. The minimum Gasteiger partial charge on any atom is -0.373 e. The normalized spacial score (nSPS) is 13.0. The van der Waals surface area contributed by atoms with Gasteiger partial charge in [0.25, 0.3) is 0 Å². The molecular formula is C20H14F2N4. The van der Waals surface area contributed by atoms with E-state index in [-0.39, 0.29) is 23.0 Å². The number of hydrogen-bond acceptors (Lipinski definition) is 4. The highest BCUT2D eigenvalue weighted by Gasteiger charge is 2.12. The maximum Gasteiger partial charge on any atom is 0.163 e. The highest BCUT2D eigenvalue weighted by Crippen LogP contribution is 2.30. The summed E-state index contributed by atoms with van der Waals surface area (Å²) < 4.78 is 59.4. The molecule has 0 unspecified atom stereocenters. The fraction of sp³-hybridized carbons (Fsp3) is 0.0500. The van der Waals surface area contributed by atoms with E-state index in [0.29, 0.717) is 22.3 Å². The summed E-state index contributed by atoms with van der Waals surface area (Å²) in [4.78, 5) is 12.4. The van der Waals surface area contributed by atoms with Gasteiger partial charge in [-0.2, -0.15) is 0 Å². The van der Waals surface area contributed by atoms with E-state index < -0.39 is 30.0 Å². The molecular weight excluding hydrogens is 334 g/mol. The van der Waals surface area contributed by atoms with Gasteiger partial charge in [-0.15, -0.1) is 0 Å². The van der Waals surface area contributed by atoms with Crippen molar-refractivity contribution in [2.75, 3.05) is 12.4 Å². The standard InChI is InChI=1S/C20H14F2N4/c1-23-20-15-6-4-12(16-10-14(21)5-7-17(16)22)9-18(15)25-19(26-20)13-3-2-8-24-11-13/h2-11H,1H3,(H,23,25,26)/i2D,3D,8D,11D. The first kappa shape index (κ1) is 12.0. The van der Waals surface area contributed by atoms with Crippen molar-refractivity contribution in [1.29, 1.82) is 0 Å². The first-order valence-electron chi connectivity index (χ1n) is 9.70. The summed E-state index contributed by atoms with van der Waals surface area (Å²) in [7, 11) is 1.63. The van der Waals surface area contributed by atoms with Crippen LogP contribution in [0.2, 0.25) is 0 Å². The van der Waals surface area contributed by atoms with Crippen LogP contribution < -0.4 is 5.32 Å². The van der Waals surface area contributed by atoms with Crippen LogP contribution in [0.3, 0.4) is 0 Å². The van der Waals surface area contributed by atoms with Gasteiger partial charge in [-0.1, -0.05) is 6.07 Å². The van der Waals surface area contributed by atoms with E-state index in [2.05, 4.69) is 20.3 Å². The monoisotopic (exact) mass is 352 g/mol. The molecule has 0 atom stereocenters. The van der Waals surface area contributed by atoms with Gasteiger partial charge >= 0.3 is 0 Å². The van der Waals surface area contributed by atoms with Crippen LogP contribution in [0.1, 0.15) is 5.48 Å². The van der Waals surface area contributed by atoms with E-state index in [1.54, 1.807) is 25.2 Å². The number of anilines is 1. The molecule has 0 aliphatic carbocycles. The summed E-state index contributed by atoms with van der Waals surface area (Å²) in [6, 6.07) is 7.18. The van der Waals surface area contributed by atoms with Gasteiger partial charge < -0.3 is 5.32 Å². The Balaban J connectivity index is 1.98. The molecule has 0 spiro atoms. The molecule has 6 heteroatoms. The van der Waals surface area contributed by atoms with Crippen LogP contribution in [0, 0.1) is 11.6 Å². The molecule has 2 heterocycles. The molecule has 2 aromatic heterocycles. The van der Waals surface area contributed by atoms with Crippen molar-refractivity contribution in [2.45, 2.75) is 0 Å². The van der Waals surface area contributed by atoms with Crippen LogP contribution in [0.5, 0.6) is 0 Å². The van der Waals surface area contributed by atoms with E-state index in [4.69, 9.17) is 5.48 Å². The topological polar surface area (TPSA) is 50.7 Å². The third-order valence-electron chi connectivity index (χ3n) is 3.86. The van der Waals surface area contributed by atoms with E-state index in [1.165, 1.54) is 0 Å². The minimum atomic E-state index is -0.588. The molecule has 4 aromatic rings. The Morgan fingerprint density at radius 3 is 2.77 bits per heavy atom. The number of nitrogens with zero attached hydrogens (tertiary/aromatic N) is 3. The van der Waals surface area contributed by atoms with Crippen molar-refractivity contribution in [1.82, 2.24) is 15.0 Å². The summed E-state index contributed by atoms with van der Waals surface area (Å²) in [5.74, 6) is -0.802. The number of nitrogens with one attached hydrogen (secondary N) is 1. The second kappa shape index (κ2) is 6.48. The van der Waals surface area contributed by atoms with Crippen molar-refractivity contribution in [3.05, 3.63) is 72.5 Å². The van der Waals surface area contributed by atoms with Crippen molar-refractivity contribution in [3.63, 3.8) is 0 Å². The summed E-state index contributed by atoms with van der Waals surface area (Å²) in [6.07, 6.45) is -0.873. The number of fused-ring (bicyclic) bond motifs is 1. The van der Waals surface area contributed by atoms with Gasteiger partial charge in [0.1, 0.15) is 17.5 Å². The first-order chi connectivity index (χ1) is 14.3. The Hall–Kier alpha value is -3.41. The first-order valence-corrected chi connectivity index (χ1v) is 7.70. The maximum absolute atomic E-state index is 14.2. The van der Waals surface area contributed by atoms with Gasteiger partial charge in [0.15, 0.2) is 5.82 Å². The molecule has 0 saturated heterocycles. The van der Waals surface area contributed by atoms with E-state index in [9.17, 15) is 8.78 Å². The van der Waals surface area contributed by atoms with E-state index in [0.717, 1.165) is 18.2 Å². The van der Waals surface area contributed by atoms with Gasteiger partial charge in [-0.05, 0) is 48.0 Å². The van der Waals surface area contributed by atoms with Crippen LogP contribution in [-0.4, -0.2) is 22.0 Å². The van der Waals surface area contributed by atoms with Gasteiger partial charge in [0.05, 0.1) is 11.0 Å². The number of pyridine rings is 1. The molecule has 0 aliphatic rings. The Bertz CT molecular complexity index is 1310. The highest BCUT2D eigenvalue weighted by atomic mass is 19.1. The lowest BCUT2D eigenvalue weighted by Crippen LogP contribution is -1.99. The highest BCUT2D eigenvalue weighted by molar-refractivity contribution is 5.93. The number of halogens is 2. The fourth-order valence-corrected chi connectivity index (χ4v) is 2.65. The lowest BCUT2D eigenvalue weighted by Gasteiger charge is -2.10. The minimum absolute atomic E-state index is 0.0280. The molecule has 128 valence electrons. The number of hydrogen-bond donors (Lipinski definition) is 1. The summed E-state index contributed by atoms with van der Waals surface area (Å²) in [6.45, 7) is 0. The maximum atomic E-state index is 14.2. The third kappa shape index (κ3) is 2.86. The second-order valence-electron chi connectivity index (χ2n) is 5.46. The Morgan fingerprint density at radius 1 is 1.04 bits per heavy atom. The predicted molar refractivity (Wildman–Crippen MR) is 97.7 cm³/mol. The van der Waals surface area contributed by atoms with Crippen molar-refractivity contribution in [2.24, 2.45) is 0 Å². The zero-order chi connectivity index (χ0) is 21.6. The molecule has 0 amide bonds. The molecule has 26 heavy (non-hydrogen) atoms. The van der Waals surface area contributed by atoms with Crippen LogP contribution in [0.15, 0.2) is 60.8 Å². The number of rotatable bonds is 3. The second-order valence-corrected chi connectivity index (χ2v) is 5.46. The zero-order valence-corrected chi connectivity index (χ0v) is 13.6. The SMILES string of the molecule is [2H]c1nc([2H])c(-c2nc(NC)c3ccc(-c4cc(F)ccc4F)cc3n2)c([2H])c1[2H]. The molecule has 0 bridgehead atoms. The Labute approximate surface area is 154 Å². The van der Waals surface area contributed by atoms with Crippen LogP contribution in [0.25, 0.3) is 33.4 Å². The molecule has 0 aliphatic heterocycles. The average Bonchev–Trinajstić information content (AvgIpc) is 2.72. The van der Waals surface area contributed by atoms with Crippen molar-refractivity contribution < 1.29 is 14.3 Å². The summed E-state index contributed by atoms with van der Waals surface area (Å²) in [5.41, 5.74) is 0.742. The number of benzene rings is 2. The lowest BCUT2D eigenvalue weighted by atomic mass is 10.0. The Kier molecular flexibility index (Phi) is 3.00. The van der Waals surface area contributed by atoms with Gasteiger partial charge in [0, 0.05) is 35.9 Å². The van der Waals surface area contributed by atoms with Gasteiger partial charge in [0.2, 0.25) is 0 Å². The Morgan fingerprint density at radius 2 is 1.92 bits per heavy atom. The van der Waals surface area contributed by atoms with Crippen molar-refractivity contribution >= 4 is 16.7 Å². The van der Waals surface area contributed by atoms with Crippen LogP contribution in [-0.2, 0) is 0 Å². The lowest BCUT2D eigenvalue weighted by molar-refractivity contribution is 0.603. The fourth-order valence-electron chi connectivity index (χ4n) is 2.65. The summed E-state index contributed by atoms with van der Waals surface area (Å²) in [5, 5.41) is 3.51. The largest absolute Gasteiger partial charge is 0.373 e. The molecule has 0 fully saturated rings. The van der Waals surface area contributed by atoms with Gasteiger partial charge in [-0.3, -0.25) is 4.98 Å². The number of aromatic nitrogens is 3. The molecule has 2 aromatic carbocycles. The van der Waals surface area contributed by atoms with Crippen LogP contribution >= 0.6 is 0 Å². The molecule has 0 saturated carbocycles. The molecule has 4 nitrogen and oxygen atoms in total. The average molecular weight is 352 g/mol. The molecule has 1 N–H and O–H groups in total. The predicted octanol–water partition coefficient (Wildman–Crippen LogP) is 4.68. The smallest absolute Gasteiger partial charge is 0.163 e. The van der Waals surface area contributed by atoms with Gasteiger partial charge in [-0.25, -0.2) is 18.7 Å². The van der Waals surface area contributed by atoms with Crippen LogP contribution in [0.4, 0.5) is 14.6 Å². The molecule has 0 radical (unpaired) electrons.